The van der Waals surface area contributed by atoms with Crippen molar-refractivity contribution >= 4 is 0 Å². The minimum atomic E-state index is -0.184. The molecule has 0 aliphatic rings. The summed E-state index contributed by atoms with van der Waals surface area (Å²) in [5.74, 6) is -0.184. The summed E-state index contributed by atoms with van der Waals surface area (Å²) in [7, 11) is 0. The van der Waals surface area contributed by atoms with Crippen LogP contribution in [0.25, 0.3) is 11.1 Å². The maximum atomic E-state index is 13.5. The van der Waals surface area contributed by atoms with Crippen molar-refractivity contribution in [2.75, 3.05) is 0 Å². The fraction of sp³-hybridized carbons (Fsp3) is 0.214. The molecule has 0 saturated heterocycles. The lowest BCUT2D eigenvalue weighted by molar-refractivity contribution is 0.630. The van der Waals surface area contributed by atoms with Crippen molar-refractivity contribution in [2.24, 2.45) is 0 Å². The first-order chi connectivity index (χ1) is 7.77. The van der Waals surface area contributed by atoms with E-state index in [2.05, 4.69) is 4.98 Å². The van der Waals surface area contributed by atoms with Crippen LogP contribution >= 0.6 is 0 Å². The predicted octanol–water partition coefficient (Wildman–Crippen LogP) is 4.22. The molecule has 1 nitrogen and oxygen atoms in total. The summed E-state index contributed by atoms with van der Waals surface area (Å²) in [4.78, 5) is 3.90. The van der Waals surface area contributed by atoms with Gasteiger partial charge in [0.1, 0.15) is 5.82 Å². The van der Waals surface area contributed by atoms with Crippen LogP contribution in [0, 0.1) is 12.7 Å². The zero-order valence-corrected chi connectivity index (χ0v) is 9.87. The second-order valence-corrected chi connectivity index (χ2v) is 3.22. The third kappa shape index (κ3) is 2.89. The first-order valence-electron chi connectivity index (χ1n) is 5.44. The molecule has 2 heteroatoms. The molecule has 0 aliphatic heterocycles. The van der Waals surface area contributed by atoms with Gasteiger partial charge in [0.25, 0.3) is 0 Å². The lowest BCUT2D eigenvalue weighted by atomic mass is 10.1. The van der Waals surface area contributed by atoms with Crippen LogP contribution in [-0.2, 0) is 0 Å². The highest BCUT2D eigenvalue weighted by molar-refractivity contribution is 5.63. The van der Waals surface area contributed by atoms with Crippen molar-refractivity contribution in [1.29, 1.82) is 0 Å². The van der Waals surface area contributed by atoms with Gasteiger partial charge in [-0.25, -0.2) is 4.39 Å². The van der Waals surface area contributed by atoms with E-state index in [9.17, 15) is 4.39 Å². The van der Waals surface area contributed by atoms with Gasteiger partial charge in [-0.1, -0.05) is 26.0 Å². The zero-order valence-electron chi connectivity index (χ0n) is 9.87. The molecular weight excluding hydrogens is 201 g/mol. The molecule has 0 saturated carbocycles. The molecule has 16 heavy (non-hydrogen) atoms. The molecule has 0 bridgehead atoms. The molecule has 84 valence electrons. The normalized spacial score (nSPS) is 9.25. The molecule has 0 aliphatic carbocycles. The Balaban J connectivity index is 0.000000606. The monoisotopic (exact) mass is 217 g/mol. The molecule has 1 aromatic carbocycles. The first kappa shape index (κ1) is 12.4. The van der Waals surface area contributed by atoms with Gasteiger partial charge < -0.3 is 0 Å². The number of nitrogens with zero attached hydrogens (tertiary/aromatic N) is 1. The van der Waals surface area contributed by atoms with Crippen LogP contribution in [0.15, 0.2) is 42.7 Å². The van der Waals surface area contributed by atoms with Crippen molar-refractivity contribution in [3.05, 3.63) is 54.1 Å². The fourth-order valence-electron chi connectivity index (χ4n) is 1.39. The number of aryl methyl sites for hydroxylation is 1. The summed E-state index contributed by atoms with van der Waals surface area (Å²) in [6.45, 7) is 5.87. The fourth-order valence-corrected chi connectivity index (χ4v) is 1.39. The topological polar surface area (TPSA) is 12.9 Å². The van der Waals surface area contributed by atoms with Gasteiger partial charge in [-0.05, 0) is 36.2 Å². The van der Waals surface area contributed by atoms with Crippen LogP contribution in [-0.4, -0.2) is 4.98 Å². The summed E-state index contributed by atoms with van der Waals surface area (Å²) in [5, 5.41) is 0. The molecule has 0 amide bonds. The quantitative estimate of drug-likeness (QED) is 0.696. The smallest absolute Gasteiger partial charge is 0.131 e. The van der Waals surface area contributed by atoms with Gasteiger partial charge in [0.15, 0.2) is 0 Å². The van der Waals surface area contributed by atoms with Crippen molar-refractivity contribution in [3.8, 4) is 11.1 Å². The minimum Gasteiger partial charge on any atom is -0.265 e. The lowest BCUT2D eigenvalue weighted by Gasteiger charge is -2.03. The number of aromatic nitrogens is 1. The van der Waals surface area contributed by atoms with Crippen molar-refractivity contribution < 1.29 is 4.39 Å². The zero-order chi connectivity index (χ0) is 12.0. The highest BCUT2D eigenvalue weighted by Gasteiger charge is 2.03. The summed E-state index contributed by atoms with van der Waals surface area (Å²) in [6.07, 6.45) is 3.32. The number of pyridine rings is 1. The van der Waals surface area contributed by atoms with E-state index in [-0.39, 0.29) is 5.82 Å². The molecule has 2 rings (SSSR count). The van der Waals surface area contributed by atoms with E-state index >= 15 is 0 Å². The molecule has 0 spiro atoms. The van der Waals surface area contributed by atoms with Crippen LogP contribution in [0.4, 0.5) is 4.39 Å². The van der Waals surface area contributed by atoms with Crippen LogP contribution in [0.2, 0.25) is 0 Å². The van der Waals surface area contributed by atoms with Gasteiger partial charge in [-0.3, -0.25) is 4.98 Å². The Morgan fingerprint density at radius 2 is 1.62 bits per heavy atom. The molecule has 0 N–H and O–H groups in total. The van der Waals surface area contributed by atoms with Crippen LogP contribution in [0.3, 0.4) is 0 Å². The lowest BCUT2D eigenvalue weighted by Crippen LogP contribution is -1.85. The summed E-state index contributed by atoms with van der Waals surface area (Å²) in [6, 6.07) is 8.83. The Labute approximate surface area is 96.0 Å². The summed E-state index contributed by atoms with van der Waals surface area (Å²) in [5.41, 5.74) is 2.41. The maximum Gasteiger partial charge on any atom is 0.131 e. The van der Waals surface area contributed by atoms with Crippen molar-refractivity contribution in [2.45, 2.75) is 20.8 Å². The number of hydrogen-bond donors (Lipinski definition) is 0. The van der Waals surface area contributed by atoms with Crippen molar-refractivity contribution in [1.82, 2.24) is 4.98 Å². The molecule has 1 aromatic heterocycles. The van der Waals surface area contributed by atoms with Gasteiger partial charge in [-0.15, -0.1) is 0 Å². The summed E-state index contributed by atoms with van der Waals surface area (Å²) >= 11 is 0. The van der Waals surface area contributed by atoms with E-state index in [1.54, 1.807) is 30.6 Å². The largest absolute Gasteiger partial charge is 0.265 e. The third-order valence-corrected chi connectivity index (χ3v) is 2.12. The highest BCUT2D eigenvalue weighted by atomic mass is 19.1. The van der Waals surface area contributed by atoms with Gasteiger partial charge >= 0.3 is 0 Å². The second kappa shape index (κ2) is 6.01. The molecule has 0 radical (unpaired) electrons. The first-order valence-corrected chi connectivity index (χ1v) is 5.44. The van der Waals surface area contributed by atoms with Gasteiger partial charge in [-0.2, -0.15) is 0 Å². The number of rotatable bonds is 1. The van der Waals surface area contributed by atoms with Crippen LogP contribution in [0.1, 0.15) is 19.4 Å². The second-order valence-electron chi connectivity index (χ2n) is 3.22. The number of benzene rings is 1. The standard InChI is InChI=1S/C12H10FN.C2H6/c1-9-2-3-11(12(13)8-9)10-4-6-14-7-5-10;1-2/h2-8H,1H3;1-2H3. The van der Waals surface area contributed by atoms with Gasteiger partial charge in [0.05, 0.1) is 0 Å². The van der Waals surface area contributed by atoms with E-state index in [1.165, 1.54) is 6.07 Å². The highest BCUT2D eigenvalue weighted by Crippen LogP contribution is 2.22. The number of halogens is 1. The van der Waals surface area contributed by atoms with Crippen molar-refractivity contribution in [3.63, 3.8) is 0 Å². The predicted molar refractivity (Wildman–Crippen MR) is 65.7 cm³/mol. The molecule has 0 fully saturated rings. The van der Waals surface area contributed by atoms with Gasteiger partial charge in [0.2, 0.25) is 0 Å². The molecule has 0 atom stereocenters. The third-order valence-electron chi connectivity index (χ3n) is 2.12. The average molecular weight is 217 g/mol. The Hall–Kier alpha value is -1.70. The van der Waals surface area contributed by atoms with E-state index in [0.29, 0.717) is 5.56 Å². The van der Waals surface area contributed by atoms with E-state index in [1.807, 2.05) is 26.8 Å². The van der Waals surface area contributed by atoms with E-state index < -0.39 is 0 Å². The Morgan fingerprint density at radius 3 is 2.19 bits per heavy atom. The number of hydrogen-bond acceptors (Lipinski definition) is 1. The molecule has 1 heterocycles. The van der Waals surface area contributed by atoms with Crippen LogP contribution < -0.4 is 0 Å². The molecular formula is C14H16FN. The average Bonchev–Trinajstić information content (AvgIpc) is 2.33. The van der Waals surface area contributed by atoms with Gasteiger partial charge in [0, 0.05) is 18.0 Å². The molecule has 0 unspecified atom stereocenters. The summed E-state index contributed by atoms with van der Waals surface area (Å²) < 4.78 is 13.5. The molecule has 2 aromatic rings. The van der Waals surface area contributed by atoms with Crippen LogP contribution in [0.5, 0.6) is 0 Å². The Kier molecular flexibility index (Phi) is 4.65. The van der Waals surface area contributed by atoms with E-state index in [4.69, 9.17) is 0 Å². The Bertz CT molecular complexity index is 438. The minimum absolute atomic E-state index is 0.184. The van der Waals surface area contributed by atoms with E-state index in [0.717, 1.165) is 11.1 Å². The SMILES string of the molecule is CC.Cc1ccc(-c2ccncc2)c(F)c1. The Morgan fingerprint density at radius 1 is 1.00 bits per heavy atom. The maximum absolute atomic E-state index is 13.5.